The van der Waals surface area contributed by atoms with Crippen LogP contribution in [0.3, 0.4) is 0 Å². The molecule has 2 aliphatic rings. The van der Waals surface area contributed by atoms with Gasteiger partial charge in [-0.3, -0.25) is 4.79 Å². The number of hydrogen-bond donors (Lipinski definition) is 2. The highest BCUT2D eigenvalue weighted by Crippen LogP contribution is 2.20. The van der Waals surface area contributed by atoms with Gasteiger partial charge in [-0.15, -0.1) is 10.2 Å². The summed E-state index contributed by atoms with van der Waals surface area (Å²) in [6.45, 7) is 6.01. The Bertz CT molecular complexity index is 490. The molecule has 2 aliphatic heterocycles. The fourth-order valence-electron chi connectivity index (χ4n) is 3.10. The van der Waals surface area contributed by atoms with E-state index in [0.717, 1.165) is 50.4 Å². The van der Waals surface area contributed by atoms with Gasteiger partial charge in [0.1, 0.15) is 11.6 Å². The molecule has 1 aromatic heterocycles. The predicted molar refractivity (Wildman–Crippen MR) is 75.4 cm³/mol. The summed E-state index contributed by atoms with van der Waals surface area (Å²) < 4.78 is 2.18. The summed E-state index contributed by atoms with van der Waals surface area (Å²) in [7, 11) is 0. The number of fused-ring (bicyclic) bond motifs is 1. The molecule has 2 atom stereocenters. The summed E-state index contributed by atoms with van der Waals surface area (Å²) >= 11 is 0. The molecular weight excluding hydrogens is 254 g/mol. The summed E-state index contributed by atoms with van der Waals surface area (Å²) in [6.07, 6.45) is 3.89. The minimum Gasteiger partial charge on any atom is -0.350 e. The van der Waals surface area contributed by atoms with E-state index in [-0.39, 0.29) is 18.0 Å². The van der Waals surface area contributed by atoms with Crippen LogP contribution in [-0.2, 0) is 17.8 Å². The maximum atomic E-state index is 12.2. The molecule has 1 fully saturated rings. The Labute approximate surface area is 119 Å². The van der Waals surface area contributed by atoms with Gasteiger partial charge in [-0.25, -0.2) is 0 Å². The molecule has 2 N–H and O–H groups in total. The van der Waals surface area contributed by atoms with E-state index in [9.17, 15) is 4.79 Å². The molecule has 20 heavy (non-hydrogen) atoms. The smallest absolute Gasteiger partial charge is 0.237 e. The maximum Gasteiger partial charge on any atom is 0.237 e. The van der Waals surface area contributed by atoms with Gasteiger partial charge in [-0.2, -0.15) is 0 Å². The molecule has 6 nitrogen and oxygen atoms in total. The SMILES string of the molecule is CC(C)c1nnc2n1CC(NC(=O)C1CCCN1)CC2. The second kappa shape index (κ2) is 5.52. The van der Waals surface area contributed by atoms with Crippen LogP contribution in [0.25, 0.3) is 0 Å². The van der Waals surface area contributed by atoms with Gasteiger partial charge in [-0.1, -0.05) is 13.8 Å². The number of carbonyl (C=O) groups is 1. The molecular formula is C14H23N5O. The average Bonchev–Trinajstić information content (AvgIpc) is 3.07. The molecule has 0 radical (unpaired) electrons. The van der Waals surface area contributed by atoms with E-state index in [2.05, 4.69) is 39.2 Å². The fraction of sp³-hybridized carbons (Fsp3) is 0.786. The van der Waals surface area contributed by atoms with Crippen molar-refractivity contribution in [2.75, 3.05) is 6.54 Å². The van der Waals surface area contributed by atoms with Crippen molar-refractivity contribution in [3.63, 3.8) is 0 Å². The molecule has 1 amide bonds. The summed E-state index contributed by atoms with van der Waals surface area (Å²) in [5.74, 6) is 2.59. The van der Waals surface area contributed by atoms with Gasteiger partial charge >= 0.3 is 0 Å². The van der Waals surface area contributed by atoms with E-state index in [1.54, 1.807) is 0 Å². The third kappa shape index (κ3) is 2.57. The highest BCUT2D eigenvalue weighted by Gasteiger charge is 2.28. The molecule has 110 valence electrons. The first kappa shape index (κ1) is 13.5. The third-order valence-electron chi connectivity index (χ3n) is 4.21. The van der Waals surface area contributed by atoms with Crippen LogP contribution in [0.4, 0.5) is 0 Å². The Morgan fingerprint density at radius 2 is 2.25 bits per heavy atom. The molecule has 2 unspecified atom stereocenters. The van der Waals surface area contributed by atoms with Crippen molar-refractivity contribution in [1.29, 1.82) is 0 Å². The van der Waals surface area contributed by atoms with Crippen molar-refractivity contribution in [1.82, 2.24) is 25.4 Å². The van der Waals surface area contributed by atoms with Gasteiger partial charge in [0, 0.05) is 24.9 Å². The Hall–Kier alpha value is -1.43. The summed E-state index contributed by atoms with van der Waals surface area (Å²) in [5.41, 5.74) is 0. The summed E-state index contributed by atoms with van der Waals surface area (Å²) in [6, 6.07) is 0.202. The quantitative estimate of drug-likeness (QED) is 0.848. The van der Waals surface area contributed by atoms with E-state index in [1.807, 2.05) is 0 Å². The summed E-state index contributed by atoms with van der Waals surface area (Å²) in [4.78, 5) is 12.2. The molecule has 6 heteroatoms. The Morgan fingerprint density at radius 1 is 1.40 bits per heavy atom. The van der Waals surface area contributed by atoms with Crippen molar-refractivity contribution < 1.29 is 4.79 Å². The minimum absolute atomic E-state index is 0.00174. The molecule has 0 aliphatic carbocycles. The molecule has 3 heterocycles. The van der Waals surface area contributed by atoms with Crippen LogP contribution in [0.1, 0.15) is 50.7 Å². The van der Waals surface area contributed by atoms with E-state index in [4.69, 9.17) is 0 Å². The lowest BCUT2D eigenvalue weighted by atomic mass is 10.1. The highest BCUT2D eigenvalue weighted by atomic mass is 16.2. The first-order valence-electron chi connectivity index (χ1n) is 7.61. The Balaban J connectivity index is 1.65. The standard InChI is InChI=1S/C14H23N5O/c1-9(2)13-18-17-12-6-5-10(8-19(12)13)16-14(20)11-4-3-7-15-11/h9-11,15H,3-8H2,1-2H3,(H,16,20). The van der Waals surface area contributed by atoms with Crippen LogP contribution in [0.5, 0.6) is 0 Å². The first-order valence-corrected chi connectivity index (χ1v) is 7.61. The van der Waals surface area contributed by atoms with E-state index in [1.165, 1.54) is 0 Å². The predicted octanol–water partition coefficient (Wildman–Crippen LogP) is 0.584. The molecule has 0 aromatic carbocycles. The van der Waals surface area contributed by atoms with Crippen LogP contribution in [0.15, 0.2) is 0 Å². The number of amides is 1. The van der Waals surface area contributed by atoms with Crippen molar-refractivity contribution in [2.45, 2.75) is 64.1 Å². The number of rotatable bonds is 3. The average molecular weight is 277 g/mol. The molecule has 0 bridgehead atoms. The number of nitrogens with zero attached hydrogens (tertiary/aromatic N) is 3. The fourth-order valence-corrected chi connectivity index (χ4v) is 3.10. The van der Waals surface area contributed by atoms with Gasteiger partial charge in [-0.05, 0) is 25.8 Å². The number of nitrogens with one attached hydrogen (secondary N) is 2. The van der Waals surface area contributed by atoms with Crippen molar-refractivity contribution in [3.8, 4) is 0 Å². The van der Waals surface area contributed by atoms with Gasteiger partial charge in [0.2, 0.25) is 5.91 Å². The largest absolute Gasteiger partial charge is 0.350 e. The first-order chi connectivity index (χ1) is 9.65. The van der Waals surface area contributed by atoms with Crippen molar-refractivity contribution in [3.05, 3.63) is 11.6 Å². The van der Waals surface area contributed by atoms with E-state index >= 15 is 0 Å². The maximum absolute atomic E-state index is 12.2. The number of hydrogen-bond acceptors (Lipinski definition) is 4. The van der Waals surface area contributed by atoms with Gasteiger partial charge in [0.05, 0.1) is 6.04 Å². The lowest BCUT2D eigenvalue weighted by Crippen LogP contribution is -2.48. The van der Waals surface area contributed by atoms with Gasteiger partial charge in [0.15, 0.2) is 0 Å². The number of aromatic nitrogens is 3. The molecule has 1 aromatic rings. The van der Waals surface area contributed by atoms with Gasteiger partial charge in [0.25, 0.3) is 0 Å². The molecule has 3 rings (SSSR count). The normalized spacial score (nSPS) is 25.8. The second-order valence-corrected chi connectivity index (χ2v) is 6.13. The lowest BCUT2D eigenvalue weighted by Gasteiger charge is -2.27. The zero-order chi connectivity index (χ0) is 14.1. The second-order valence-electron chi connectivity index (χ2n) is 6.13. The topological polar surface area (TPSA) is 71.8 Å². The van der Waals surface area contributed by atoms with Crippen molar-refractivity contribution >= 4 is 5.91 Å². The summed E-state index contributed by atoms with van der Waals surface area (Å²) in [5, 5.41) is 15.0. The number of aryl methyl sites for hydroxylation is 1. The van der Waals surface area contributed by atoms with Crippen LogP contribution in [0.2, 0.25) is 0 Å². The third-order valence-corrected chi connectivity index (χ3v) is 4.21. The highest BCUT2D eigenvalue weighted by molar-refractivity contribution is 5.82. The lowest BCUT2D eigenvalue weighted by molar-refractivity contribution is -0.123. The van der Waals surface area contributed by atoms with E-state index in [0.29, 0.717) is 5.92 Å². The van der Waals surface area contributed by atoms with Crippen molar-refractivity contribution in [2.24, 2.45) is 0 Å². The van der Waals surface area contributed by atoms with Crippen LogP contribution < -0.4 is 10.6 Å². The Kier molecular flexibility index (Phi) is 3.74. The zero-order valence-corrected chi connectivity index (χ0v) is 12.2. The van der Waals surface area contributed by atoms with Crippen LogP contribution in [-0.4, -0.2) is 39.3 Å². The number of carbonyl (C=O) groups excluding carboxylic acids is 1. The van der Waals surface area contributed by atoms with Crippen LogP contribution >= 0.6 is 0 Å². The monoisotopic (exact) mass is 277 g/mol. The minimum atomic E-state index is 0.00174. The zero-order valence-electron chi connectivity index (χ0n) is 12.2. The molecule has 0 saturated carbocycles. The Morgan fingerprint density at radius 3 is 2.95 bits per heavy atom. The van der Waals surface area contributed by atoms with Gasteiger partial charge < -0.3 is 15.2 Å². The van der Waals surface area contributed by atoms with Crippen LogP contribution in [0, 0.1) is 0 Å². The molecule has 1 saturated heterocycles. The molecule has 0 spiro atoms. The van der Waals surface area contributed by atoms with E-state index < -0.39 is 0 Å².